The highest BCUT2D eigenvalue weighted by atomic mass is 16.5. The fourth-order valence-corrected chi connectivity index (χ4v) is 0.0680. The molecule has 2 nitrogen and oxygen atoms in total. The van der Waals surface area contributed by atoms with E-state index < -0.39 is 0 Å². The second-order valence-electron chi connectivity index (χ2n) is 0.538. The molecule has 0 unspecified atom stereocenters. The number of H-pyrrole nitrogens is 1. The first kappa shape index (κ1) is 1.64. The molecular formula is C2H3NO. The summed E-state index contributed by atoms with van der Waals surface area (Å²) in [6.45, 7) is 0. The van der Waals surface area contributed by atoms with Crippen molar-refractivity contribution in [2.24, 2.45) is 0 Å². The highest BCUT2D eigenvalue weighted by molar-refractivity contribution is 4.51. The van der Waals surface area contributed by atoms with Crippen LogP contribution in [0.1, 0.15) is 0 Å². The van der Waals surface area contributed by atoms with E-state index >= 15 is 0 Å². The molecular weight excluding hydrogens is 54.0 g/mol. The van der Waals surface area contributed by atoms with Gasteiger partial charge in [0, 0.05) is 0 Å². The predicted molar refractivity (Wildman–Crippen MR) is 13.1 cm³/mol. The smallest absolute Gasteiger partial charge is 0.138 e. The van der Waals surface area contributed by atoms with Gasteiger partial charge in [0.15, 0.2) is 0 Å². The zero-order chi connectivity index (χ0) is 2.83. The molecule has 2 heteroatoms. The minimum Gasteiger partial charge on any atom is -0.389 e. The molecule has 1 aromatic rings. The zero-order valence-corrected chi connectivity index (χ0v) is 2.06. The number of hydrogen-bond donors (Lipinski definition) is 1. The van der Waals surface area contributed by atoms with Crippen LogP contribution in [0.2, 0.25) is 0 Å². The van der Waals surface area contributed by atoms with E-state index in [0.29, 0.717) is 0 Å². The topological polar surface area (TPSA) is 28.9 Å². The molecule has 0 aromatic carbocycles. The first-order valence-electron chi connectivity index (χ1n) is 1.06. The van der Waals surface area contributed by atoms with Crippen molar-refractivity contribution in [2.45, 2.75) is 0 Å². The van der Waals surface area contributed by atoms with Crippen LogP contribution in [0.5, 0.6) is 0 Å². The second kappa shape index (κ2) is 0.377. The first-order chi connectivity index (χ1) is 2.00. The second-order valence-corrected chi connectivity index (χ2v) is 0.538. The van der Waals surface area contributed by atoms with Gasteiger partial charge in [-0.15, -0.1) is 0 Å². The number of nitrogens with one attached hydrogen (secondary N) is 1. The quantitative estimate of drug-likeness (QED) is 0.464. The van der Waals surface area contributed by atoms with Gasteiger partial charge >= 0.3 is 0 Å². The van der Waals surface area contributed by atoms with Crippen LogP contribution in [-0.4, -0.2) is 5.16 Å². The molecule has 1 N–H and O–H groups in total. The fourth-order valence-electron chi connectivity index (χ4n) is 0.0680. The van der Waals surface area contributed by atoms with Gasteiger partial charge in [-0.25, -0.2) is 5.16 Å². The van der Waals surface area contributed by atoms with Crippen molar-refractivity contribution in [3.05, 3.63) is 12.5 Å². The van der Waals surface area contributed by atoms with Crippen molar-refractivity contribution in [2.75, 3.05) is 0 Å². The van der Waals surface area contributed by atoms with E-state index in [1.165, 1.54) is 0 Å². The Kier molecular flexibility index (Phi) is 0.154. The van der Waals surface area contributed by atoms with Crippen LogP contribution < -0.4 is 0 Å². The van der Waals surface area contributed by atoms with Crippen molar-refractivity contribution >= 4 is 0 Å². The Morgan fingerprint density at radius 2 is 2.00 bits per heavy atom. The van der Waals surface area contributed by atoms with Gasteiger partial charge in [-0.05, 0) is 0 Å². The first-order valence-corrected chi connectivity index (χ1v) is 1.06. The summed E-state index contributed by atoms with van der Waals surface area (Å²) < 4.78 is 4.29. The van der Waals surface area contributed by atoms with Gasteiger partial charge in [0.25, 0.3) is 0 Å². The summed E-state index contributed by atoms with van der Waals surface area (Å²) in [5.41, 5.74) is 0. The summed E-state index contributed by atoms with van der Waals surface area (Å²) in [4.78, 5) is 0. The number of rotatable bonds is 0. The van der Waals surface area contributed by atoms with Crippen LogP contribution in [0.25, 0.3) is 0 Å². The standard InChI is InChI=1S/C2H3NO/c1-2-4-3-1/h1-3H. The lowest BCUT2D eigenvalue weighted by atomic mass is 11.0. The molecule has 0 aliphatic rings. The third kappa shape index (κ3) is 0.0139. The summed E-state index contributed by atoms with van der Waals surface area (Å²) in [7, 11) is 0. The highest BCUT2D eigenvalue weighted by Gasteiger charge is 1.56. The molecule has 0 bridgehead atoms. The van der Waals surface area contributed by atoms with E-state index in [-0.39, 0.29) is 0 Å². The molecule has 4 heavy (non-hydrogen) atoms. The number of aromatic nitrogens is 1. The van der Waals surface area contributed by atoms with Crippen LogP contribution in [-0.2, 0) is 0 Å². The summed E-state index contributed by atoms with van der Waals surface area (Å²) in [6, 6.07) is 0. The maximum Gasteiger partial charge on any atom is 0.138 e. The van der Waals surface area contributed by atoms with Gasteiger partial charge in [-0.2, -0.15) is 0 Å². The molecule has 0 fully saturated rings. The lowest BCUT2D eigenvalue weighted by molar-refractivity contribution is 0.356. The van der Waals surface area contributed by atoms with Gasteiger partial charge in [-0.1, -0.05) is 0 Å². The molecule has 0 saturated heterocycles. The average molecular weight is 57.1 g/mol. The maximum atomic E-state index is 4.29. The van der Waals surface area contributed by atoms with Crippen molar-refractivity contribution in [1.29, 1.82) is 0 Å². The highest BCUT2D eigenvalue weighted by Crippen LogP contribution is 1.69. The normalized spacial score (nSPS) is 8.00. The van der Waals surface area contributed by atoms with Crippen molar-refractivity contribution < 1.29 is 4.52 Å². The Bertz CT molecular complexity index is 47.8. The molecule has 0 aliphatic carbocycles. The van der Waals surface area contributed by atoms with Gasteiger partial charge in [0.2, 0.25) is 0 Å². The van der Waals surface area contributed by atoms with Gasteiger partial charge < -0.3 is 4.52 Å². The summed E-state index contributed by atoms with van der Waals surface area (Å²) in [5, 5.41) is 2.43. The van der Waals surface area contributed by atoms with E-state index in [0.717, 1.165) is 0 Å². The van der Waals surface area contributed by atoms with E-state index in [2.05, 4.69) is 9.68 Å². The Morgan fingerprint density at radius 1 is 1.75 bits per heavy atom. The lowest BCUT2D eigenvalue weighted by Gasteiger charge is -1.76. The lowest BCUT2D eigenvalue weighted by Crippen LogP contribution is -1.62. The minimum absolute atomic E-state index is 1.57. The van der Waals surface area contributed by atoms with Crippen molar-refractivity contribution in [1.82, 2.24) is 5.16 Å². The van der Waals surface area contributed by atoms with Crippen LogP contribution >= 0.6 is 0 Å². The largest absolute Gasteiger partial charge is 0.389 e. The Balaban J connectivity index is 3.00. The summed E-state index contributed by atoms with van der Waals surface area (Å²) >= 11 is 0. The maximum absolute atomic E-state index is 4.29. The van der Waals surface area contributed by atoms with Crippen LogP contribution in [0.4, 0.5) is 0 Å². The SMILES string of the molecule is c1co[nH]1. The molecule has 0 amide bonds. The van der Waals surface area contributed by atoms with Crippen LogP contribution in [0, 0.1) is 0 Å². The molecule has 1 aromatic heterocycles. The molecule has 22 valence electrons. The third-order valence-corrected chi connectivity index (χ3v) is 0.272. The molecule has 0 spiro atoms. The van der Waals surface area contributed by atoms with Crippen LogP contribution in [0.15, 0.2) is 17.0 Å². The van der Waals surface area contributed by atoms with Gasteiger partial charge in [0.05, 0.1) is 6.20 Å². The minimum atomic E-state index is 1.57. The van der Waals surface area contributed by atoms with Gasteiger partial charge in [0.1, 0.15) is 6.26 Å². The molecule has 1 heterocycles. The molecule has 0 saturated carbocycles. The van der Waals surface area contributed by atoms with E-state index in [1.54, 1.807) is 12.5 Å². The van der Waals surface area contributed by atoms with E-state index in [4.69, 9.17) is 0 Å². The molecule has 0 aliphatic heterocycles. The molecule has 0 atom stereocenters. The summed E-state index contributed by atoms with van der Waals surface area (Å²) in [5.74, 6) is 0. The zero-order valence-electron chi connectivity index (χ0n) is 2.06. The summed E-state index contributed by atoms with van der Waals surface area (Å²) in [6.07, 6.45) is 3.28. The number of hydrogen-bond acceptors (Lipinski definition) is 1. The van der Waals surface area contributed by atoms with Crippen LogP contribution in [0.3, 0.4) is 0 Å². The average Bonchev–Trinajstić information content (AvgIpc) is 0.722. The third-order valence-electron chi connectivity index (χ3n) is 0.272. The van der Waals surface area contributed by atoms with Crippen molar-refractivity contribution in [3.8, 4) is 0 Å². The molecule has 1 rings (SSSR count). The van der Waals surface area contributed by atoms with Gasteiger partial charge in [-0.3, -0.25) is 0 Å². The van der Waals surface area contributed by atoms with Crippen molar-refractivity contribution in [3.63, 3.8) is 0 Å². The predicted octanol–water partition coefficient (Wildman–Crippen LogP) is 0.608. The van der Waals surface area contributed by atoms with E-state index in [9.17, 15) is 0 Å². The Labute approximate surface area is 23.4 Å². The Hall–Kier alpha value is -0.660. The molecule has 0 radical (unpaired) electrons. The fraction of sp³-hybridized carbons (Fsp3) is 0. The number of aromatic amines is 1. The monoisotopic (exact) mass is 57.0 g/mol. The van der Waals surface area contributed by atoms with E-state index in [1.807, 2.05) is 0 Å². The Morgan fingerprint density at radius 3 is 2.00 bits per heavy atom.